The summed E-state index contributed by atoms with van der Waals surface area (Å²) < 4.78 is 7.26. The molecule has 20 heavy (non-hydrogen) atoms. The van der Waals surface area contributed by atoms with Gasteiger partial charge in [-0.3, -0.25) is 4.90 Å². The lowest BCUT2D eigenvalue weighted by Crippen LogP contribution is -2.30. The van der Waals surface area contributed by atoms with E-state index in [0.717, 1.165) is 23.7 Å². The van der Waals surface area contributed by atoms with Gasteiger partial charge in [-0.25, -0.2) is 4.68 Å². The van der Waals surface area contributed by atoms with Gasteiger partial charge in [-0.1, -0.05) is 6.07 Å². The van der Waals surface area contributed by atoms with Crippen LogP contribution in [0.5, 0.6) is 5.88 Å². The molecule has 2 rings (SSSR count). The molecule has 0 spiro atoms. The van der Waals surface area contributed by atoms with Crippen molar-refractivity contribution in [2.75, 3.05) is 20.7 Å². The second-order valence-electron chi connectivity index (χ2n) is 4.88. The van der Waals surface area contributed by atoms with Gasteiger partial charge in [0.25, 0.3) is 0 Å². The van der Waals surface area contributed by atoms with E-state index in [1.807, 2.05) is 14.0 Å². The molecular formula is C14H22N4OS. The van der Waals surface area contributed by atoms with Gasteiger partial charge in [-0.15, -0.1) is 11.3 Å². The molecule has 0 aliphatic carbocycles. The number of methoxy groups -OCH3 is 1. The number of ether oxygens (including phenoxy) is 1. The second kappa shape index (κ2) is 6.39. The van der Waals surface area contributed by atoms with E-state index in [4.69, 9.17) is 10.5 Å². The molecule has 0 bridgehead atoms. The molecule has 0 aliphatic rings. The fourth-order valence-corrected chi connectivity index (χ4v) is 3.32. The van der Waals surface area contributed by atoms with Crippen molar-refractivity contribution in [3.8, 4) is 5.88 Å². The minimum absolute atomic E-state index is 0.0979. The molecule has 0 radical (unpaired) electrons. The highest BCUT2D eigenvalue weighted by Gasteiger charge is 2.25. The summed E-state index contributed by atoms with van der Waals surface area (Å²) in [6, 6.07) is 4.31. The van der Waals surface area contributed by atoms with Crippen molar-refractivity contribution in [1.82, 2.24) is 14.7 Å². The van der Waals surface area contributed by atoms with Gasteiger partial charge in [-0.2, -0.15) is 5.10 Å². The normalized spacial score (nSPS) is 12.9. The summed E-state index contributed by atoms with van der Waals surface area (Å²) >= 11 is 1.76. The van der Waals surface area contributed by atoms with E-state index in [2.05, 4.69) is 34.6 Å². The van der Waals surface area contributed by atoms with E-state index in [0.29, 0.717) is 6.54 Å². The number of hydrogen-bond donors (Lipinski definition) is 1. The van der Waals surface area contributed by atoms with Crippen LogP contribution in [0.3, 0.4) is 0 Å². The van der Waals surface area contributed by atoms with Gasteiger partial charge in [0.15, 0.2) is 0 Å². The molecule has 2 aromatic rings. The maximum atomic E-state index is 6.01. The summed E-state index contributed by atoms with van der Waals surface area (Å²) in [5, 5.41) is 6.54. The van der Waals surface area contributed by atoms with Gasteiger partial charge in [0.2, 0.25) is 5.88 Å². The van der Waals surface area contributed by atoms with Crippen LogP contribution in [0, 0.1) is 6.92 Å². The Morgan fingerprint density at radius 3 is 2.85 bits per heavy atom. The van der Waals surface area contributed by atoms with Crippen LogP contribution in [-0.2, 0) is 13.6 Å². The molecule has 1 atom stereocenters. The Morgan fingerprint density at radius 1 is 1.55 bits per heavy atom. The zero-order chi connectivity index (χ0) is 14.7. The maximum absolute atomic E-state index is 6.01. The topological polar surface area (TPSA) is 56.3 Å². The Balaban J connectivity index is 2.27. The molecule has 0 aromatic carbocycles. The molecule has 0 saturated carbocycles. The van der Waals surface area contributed by atoms with Crippen molar-refractivity contribution in [2.45, 2.75) is 19.5 Å². The van der Waals surface area contributed by atoms with Crippen molar-refractivity contribution in [1.29, 1.82) is 0 Å². The Labute approximate surface area is 124 Å². The van der Waals surface area contributed by atoms with Gasteiger partial charge in [0, 0.05) is 25.0 Å². The van der Waals surface area contributed by atoms with E-state index >= 15 is 0 Å². The van der Waals surface area contributed by atoms with Gasteiger partial charge in [0.1, 0.15) is 0 Å². The SMILES string of the molecule is COc1c(C(CN)N(C)Cc2cccs2)c(C)nn1C. The molecule has 6 heteroatoms. The monoisotopic (exact) mass is 294 g/mol. The Morgan fingerprint density at radius 2 is 2.30 bits per heavy atom. The van der Waals surface area contributed by atoms with Crippen LogP contribution in [0.4, 0.5) is 0 Å². The highest BCUT2D eigenvalue weighted by Crippen LogP contribution is 2.31. The van der Waals surface area contributed by atoms with Crippen molar-refractivity contribution < 1.29 is 4.74 Å². The second-order valence-corrected chi connectivity index (χ2v) is 5.91. The van der Waals surface area contributed by atoms with E-state index in [1.54, 1.807) is 23.1 Å². The van der Waals surface area contributed by atoms with Crippen LogP contribution in [-0.4, -0.2) is 35.4 Å². The van der Waals surface area contributed by atoms with Gasteiger partial charge in [-0.05, 0) is 25.4 Å². The average Bonchev–Trinajstić information content (AvgIpc) is 2.99. The number of aromatic nitrogens is 2. The number of nitrogens with two attached hydrogens (primary N) is 1. The molecule has 0 amide bonds. The first kappa shape index (κ1) is 15.0. The molecule has 1 unspecified atom stereocenters. The molecular weight excluding hydrogens is 272 g/mol. The van der Waals surface area contributed by atoms with Crippen LogP contribution in [0.2, 0.25) is 0 Å². The molecule has 0 saturated heterocycles. The standard InChI is InChI=1S/C14H22N4OS/c1-10-13(14(19-4)18(3)16-10)12(8-15)17(2)9-11-6-5-7-20-11/h5-7,12H,8-9,15H2,1-4H3. The number of aryl methyl sites for hydroxylation is 2. The van der Waals surface area contributed by atoms with Crippen molar-refractivity contribution in [2.24, 2.45) is 12.8 Å². The molecule has 0 aliphatic heterocycles. The molecule has 0 fully saturated rings. The molecule has 5 nitrogen and oxygen atoms in total. The summed E-state index contributed by atoms with van der Waals surface area (Å²) in [4.78, 5) is 3.57. The molecule has 2 N–H and O–H groups in total. The van der Waals surface area contributed by atoms with Crippen LogP contribution >= 0.6 is 11.3 Å². The number of likely N-dealkylation sites (N-methyl/N-ethyl adjacent to an activating group) is 1. The lowest BCUT2D eigenvalue weighted by Gasteiger charge is -2.27. The predicted octanol–water partition coefficient (Wildman–Crippen LogP) is 1.93. The fraction of sp³-hybridized carbons (Fsp3) is 0.500. The minimum atomic E-state index is 0.0979. The van der Waals surface area contributed by atoms with Crippen LogP contribution in [0.1, 0.15) is 22.2 Å². The van der Waals surface area contributed by atoms with Crippen molar-refractivity contribution >= 4 is 11.3 Å². The first-order valence-electron chi connectivity index (χ1n) is 6.58. The van der Waals surface area contributed by atoms with Crippen LogP contribution < -0.4 is 10.5 Å². The smallest absolute Gasteiger partial charge is 0.216 e. The fourth-order valence-electron chi connectivity index (χ4n) is 2.56. The molecule has 2 heterocycles. The van der Waals surface area contributed by atoms with Gasteiger partial charge < -0.3 is 10.5 Å². The number of nitrogens with zero attached hydrogens (tertiary/aromatic N) is 3. The van der Waals surface area contributed by atoms with Gasteiger partial charge in [0.05, 0.1) is 24.4 Å². The summed E-state index contributed by atoms with van der Waals surface area (Å²) in [6.45, 7) is 3.40. The third kappa shape index (κ3) is 2.87. The van der Waals surface area contributed by atoms with Gasteiger partial charge >= 0.3 is 0 Å². The first-order valence-corrected chi connectivity index (χ1v) is 7.46. The summed E-state index contributed by atoms with van der Waals surface area (Å²) in [6.07, 6.45) is 0. The quantitative estimate of drug-likeness (QED) is 0.884. The zero-order valence-electron chi connectivity index (χ0n) is 12.5. The van der Waals surface area contributed by atoms with E-state index in [1.165, 1.54) is 4.88 Å². The third-order valence-electron chi connectivity index (χ3n) is 3.48. The maximum Gasteiger partial charge on any atom is 0.216 e. The van der Waals surface area contributed by atoms with Crippen molar-refractivity contribution in [3.05, 3.63) is 33.6 Å². The Kier molecular flexibility index (Phi) is 4.80. The predicted molar refractivity (Wildman–Crippen MR) is 82.1 cm³/mol. The lowest BCUT2D eigenvalue weighted by molar-refractivity contribution is 0.236. The lowest BCUT2D eigenvalue weighted by atomic mass is 10.1. The van der Waals surface area contributed by atoms with E-state index < -0.39 is 0 Å². The van der Waals surface area contributed by atoms with Crippen molar-refractivity contribution in [3.63, 3.8) is 0 Å². The first-order chi connectivity index (χ1) is 9.58. The zero-order valence-corrected chi connectivity index (χ0v) is 13.3. The van der Waals surface area contributed by atoms with E-state index in [-0.39, 0.29) is 6.04 Å². The Bertz CT molecular complexity index is 550. The third-order valence-corrected chi connectivity index (χ3v) is 4.34. The number of hydrogen-bond acceptors (Lipinski definition) is 5. The largest absolute Gasteiger partial charge is 0.481 e. The Hall–Kier alpha value is -1.37. The minimum Gasteiger partial charge on any atom is -0.481 e. The highest BCUT2D eigenvalue weighted by molar-refractivity contribution is 7.09. The van der Waals surface area contributed by atoms with Crippen LogP contribution in [0.15, 0.2) is 17.5 Å². The molecule has 110 valence electrons. The average molecular weight is 294 g/mol. The summed E-state index contributed by atoms with van der Waals surface area (Å²) in [5.74, 6) is 0.788. The van der Waals surface area contributed by atoms with E-state index in [9.17, 15) is 0 Å². The van der Waals surface area contributed by atoms with Crippen LogP contribution in [0.25, 0.3) is 0 Å². The highest BCUT2D eigenvalue weighted by atomic mass is 32.1. The number of rotatable bonds is 6. The summed E-state index contributed by atoms with van der Waals surface area (Å²) in [7, 11) is 5.65. The molecule has 2 aromatic heterocycles. The summed E-state index contributed by atoms with van der Waals surface area (Å²) in [5.41, 5.74) is 8.06. The number of thiophene rings is 1.